The zero-order valence-corrected chi connectivity index (χ0v) is 34.6. The fourth-order valence-corrected chi connectivity index (χ4v) is 8.89. The Morgan fingerprint density at radius 3 is 2.16 bits per heavy atom. The van der Waals surface area contributed by atoms with Crippen LogP contribution in [0.4, 0.5) is 0 Å². The van der Waals surface area contributed by atoms with E-state index in [0.717, 1.165) is 11.1 Å². The number of hydrogen-bond donors (Lipinski definition) is 4. The molecule has 0 bridgehead atoms. The molecule has 0 aromatic rings. The molecule has 0 spiro atoms. The van der Waals surface area contributed by atoms with Crippen molar-refractivity contribution in [3.63, 3.8) is 0 Å². The maximum Gasteiger partial charge on any atom is 0.303 e. The Bertz CT molecular complexity index is 1470. The Morgan fingerprint density at radius 2 is 1.58 bits per heavy atom. The van der Waals surface area contributed by atoms with Crippen LogP contribution in [0.25, 0.3) is 0 Å². The summed E-state index contributed by atoms with van der Waals surface area (Å²) >= 11 is 0. The lowest BCUT2D eigenvalue weighted by Crippen LogP contribution is -2.62. The second-order valence-corrected chi connectivity index (χ2v) is 17.2. The summed E-state index contributed by atoms with van der Waals surface area (Å²) in [7, 11) is 0. The van der Waals surface area contributed by atoms with Crippen LogP contribution in [0, 0.1) is 22.7 Å². The Labute approximate surface area is 326 Å². The van der Waals surface area contributed by atoms with E-state index in [2.05, 4.69) is 0 Å². The minimum absolute atomic E-state index is 0.131. The number of Topliss-reactive ketones (excluding diaryl/α,β-unsaturated/α-hetero) is 1. The van der Waals surface area contributed by atoms with E-state index in [9.17, 15) is 39.6 Å². The van der Waals surface area contributed by atoms with Crippen molar-refractivity contribution in [3.05, 3.63) is 34.9 Å². The first-order chi connectivity index (χ1) is 25.4. The number of aliphatic hydroxyl groups is 4. The standard InChI is InChI=1S/C42H66O13/c1-23(12-15-29(51-26(4)44)20-25(3)31(52-27(5)45)21-30-24(2)14-17-34(47)40(30,7)8)13-16-33-41(9,10)35(18-19-42(33,11)55-28(6)46)54-39-38(50)37(49)36(48)32(22-43)53-39/h12,14,20,29-33,35-39,43,48-50H,13,15-19,21-22H2,1-11H3/b23-12+,25-20+/t29-,30-,31+,32-,33+,35+,36+,37+,38-,39+,42+/m1/s1. The third kappa shape index (κ3) is 11.6. The van der Waals surface area contributed by atoms with Gasteiger partial charge in [-0.1, -0.05) is 51.0 Å². The number of ether oxygens (including phenoxy) is 5. The van der Waals surface area contributed by atoms with Gasteiger partial charge in [0.15, 0.2) is 6.29 Å². The first-order valence-electron chi connectivity index (χ1n) is 19.5. The average Bonchev–Trinajstić information content (AvgIpc) is 3.07. The Kier molecular flexibility index (Phi) is 16.0. The smallest absolute Gasteiger partial charge is 0.303 e. The molecule has 0 unspecified atom stereocenters. The van der Waals surface area contributed by atoms with Crippen LogP contribution in [-0.2, 0) is 42.9 Å². The highest BCUT2D eigenvalue weighted by Gasteiger charge is 2.55. The lowest BCUT2D eigenvalue weighted by molar-refractivity contribution is -0.327. The monoisotopic (exact) mass is 778 g/mol. The number of aliphatic hydroxyl groups excluding tert-OH is 4. The molecule has 11 atom stereocenters. The highest BCUT2D eigenvalue weighted by molar-refractivity contribution is 5.87. The van der Waals surface area contributed by atoms with Crippen LogP contribution in [-0.4, -0.2) is 105 Å². The minimum atomic E-state index is -1.57. The van der Waals surface area contributed by atoms with Crippen LogP contribution < -0.4 is 0 Å². The van der Waals surface area contributed by atoms with Crippen molar-refractivity contribution in [1.82, 2.24) is 0 Å². The highest BCUT2D eigenvalue weighted by atomic mass is 16.7. The number of hydrogen-bond acceptors (Lipinski definition) is 13. The molecule has 3 rings (SSSR count). The molecule has 1 aliphatic heterocycles. The molecule has 13 heteroatoms. The van der Waals surface area contributed by atoms with Gasteiger partial charge in [-0.15, -0.1) is 0 Å². The van der Waals surface area contributed by atoms with Gasteiger partial charge in [0, 0.05) is 44.9 Å². The molecule has 1 saturated carbocycles. The first kappa shape index (κ1) is 46.4. The van der Waals surface area contributed by atoms with Gasteiger partial charge in [0.1, 0.15) is 48.0 Å². The zero-order valence-electron chi connectivity index (χ0n) is 34.6. The maximum atomic E-state index is 12.8. The summed E-state index contributed by atoms with van der Waals surface area (Å²) in [4.78, 5) is 49.6. The van der Waals surface area contributed by atoms with Gasteiger partial charge < -0.3 is 44.1 Å². The minimum Gasteiger partial charge on any atom is -0.459 e. The van der Waals surface area contributed by atoms with Gasteiger partial charge in [-0.25, -0.2) is 0 Å². The molecule has 55 heavy (non-hydrogen) atoms. The molecule has 3 aliphatic rings. The molecular formula is C42H66O13. The zero-order chi connectivity index (χ0) is 41.6. The molecular weight excluding hydrogens is 712 g/mol. The summed E-state index contributed by atoms with van der Waals surface area (Å²) in [5, 5.41) is 41.0. The van der Waals surface area contributed by atoms with Crippen molar-refractivity contribution >= 4 is 23.7 Å². The SMILES string of the molecule is CC(=O)O[C@@H](C[C@@H]1C(C)=CCC(=O)C1(C)C)/C(C)=C/[C@@H](C/C=C(\C)CC[C@H]1C(C)(C)[C@@H](O[C@@H]2O[C@H](CO)[C@H](O)[C@H](O)[C@H]2O)CC[C@]1(C)OC(C)=O)OC(C)=O. The third-order valence-corrected chi connectivity index (χ3v) is 12.2. The Morgan fingerprint density at radius 1 is 0.945 bits per heavy atom. The van der Waals surface area contributed by atoms with E-state index in [1.165, 1.54) is 20.8 Å². The molecule has 0 aromatic heterocycles. The third-order valence-electron chi connectivity index (χ3n) is 12.2. The van der Waals surface area contributed by atoms with Gasteiger partial charge in [-0.3, -0.25) is 19.2 Å². The predicted molar refractivity (Wildman–Crippen MR) is 203 cm³/mol. The lowest BCUT2D eigenvalue weighted by atomic mass is 9.58. The van der Waals surface area contributed by atoms with E-state index >= 15 is 0 Å². The fourth-order valence-electron chi connectivity index (χ4n) is 8.89. The van der Waals surface area contributed by atoms with E-state index in [4.69, 9.17) is 23.7 Å². The van der Waals surface area contributed by atoms with Crippen LogP contribution in [0.15, 0.2) is 34.9 Å². The van der Waals surface area contributed by atoms with Crippen LogP contribution in [0.2, 0.25) is 0 Å². The van der Waals surface area contributed by atoms with E-state index in [1.54, 1.807) is 6.08 Å². The molecule has 312 valence electrons. The molecule has 2 fully saturated rings. The van der Waals surface area contributed by atoms with E-state index in [0.29, 0.717) is 50.5 Å². The topological polar surface area (TPSA) is 195 Å². The van der Waals surface area contributed by atoms with Gasteiger partial charge in [0.05, 0.1) is 12.7 Å². The second-order valence-electron chi connectivity index (χ2n) is 17.2. The predicted octanol–water partition coefficient (Wildman–Crippen LogP) is 4.81. The normalized spacial score (nSPS) is 33.6. The van der Waals surface area contributed by atoms with E-state index in [1.807, 2.05) is 67.5 Å². The number of ketones is 1. The van der Waals surface area contributed by atoms with Gasteiger partial charge in [0.25, 0.3) is 0 Å². The molecule has 2 aliphatic carbocycles. The van der Waals surface area contributed by atoms with Gasteiger partial charge in [-0.2, -0.15) is 0 Å². The molecule has 13 nitrogen and oxygen atoms in total. The van der Waals surface area contributed by atoms with Gasteiger partial charge >= 0.3 is 17.9 Å². The second kappa shape index (κ2) is 19.0. The quantitative estimate of drug-likeness (QED) is 0.101. The van der Waals surface area contributed by atoms with Crippen molar-refractivity contribution < 1.29 is 63.3 Å². The van der Waals surface area contributed by atoms with Gasteiger partial charge in [0.2, 0.25) is 0 Å². The molecule has 4 N–H and O–H groups in total. The largest absolute Gasteiger partial charge is 0.459 e. The average molecular weight is 779 g/mol. The van der Waals surface area contributed by atoms with E-state index in [-0.39, 0.29) is 17.6 Å². The number of rotatable bonds is 15. The van der Waals surface area contributed by atoms with E-state index < -0.39 is 90.0 Å². The summed E-state index contributed by atoms with van der Waals surface area (Å²) in [5.74, 6) is -1.57. The lowest BCUT2D eigenvalue weighted by Gasteiger charge is -2.54. The fraction of sp³-hybridized carbons (Fsp3) is 0.762. The van der Waals surface area contributed by atoms with Crippen LogP contribution in [0.3, 0.4) is 0 Å². The summed E-state index contributed by atoms with van der Waals surface area (Å²) in [6.45, 7) is 19.0. The summed E-state index contributed by atoms with van der Waals surface area (Å²) < 4.78 is 29.4. The van der Waals surface area contributed by atoms with Crippen molar-refractivity contribution in [1.29, 1.82) is 0 Å². The highest BCUT2D eigenvalue weighted by Crippen LogP contribution is 2.52. The number of carbonyl (C=O) groups is 4. The Hall–Kier alpha value is -2.94. The first-order valence-corrected chi connectivity index (χ1v) is 19.5. The number of allylic oxidation sites excluding steroid dienone is 3. The molecule has 1 heterocycles. The van der Waals surface area contributed by atoms with Crippen LogP contribution >= 0.6 is 0 Å². The Balaban J connectivity index is 1.82. The van der Waals surface area contributed by atoms with Crippen LogP contribution in [0.5, 0.6) is 0 Å². The molecule has 0 amide bonds. The van der Waals surface area contributed by atoms with Crippen molar-refractivity contribution in [3.8, 4) is 0 Å². The van der Waals surface area contributed by atoms with Crippen molar-refractivity contribution in [2.45, 2.75) is 176 Å². The summed E-state index contributed by atoms with van der Waals surface area (Å²) in [6, 6.07) is 0. The summed E-state index contributed by atoms with van der Waals surface area (Å²) in [5.41, 5.74) is 0.668. The van der Waals surface area contributed by atoms with Gasteiger partial charge in [-0.05, 0) is 82.8 Å². The summed E-state index contributed by atoms with van der Waals surface area (Å²) in [6.07, 6.45) is 0.120. The molecule has 1 saturated heterocycles. The number of carbonyl (C=O) groups excluding carboxylic acids is 4. The molecule has 0 aromatic carbocycles. The number of esters is 3. The van der Waals surface area contributed by atoms with Crippen molar-refractivity contribution in [2.24, 2.45) is 22.7 Å². The van der Waals surface area contributed by atoms with Crippen molar-refractivity contribution in [2.75, 3.05) is 6.61 Å². The maximum absolute atomic E-state index is 12.8. The van der Waals surface area contributed by atoms with Crippen LogP contribution in [0.1, 0.15) is 121 Å². The molecule has 0 radical (unpaired) electrons.